The van der Waals surface area contributed by atoms with Crippen LogP contribution in [0.3, 0.4) is 0 Å². The first-order valence-corrected chi connectivity index (χ1v) is 7.97. The van der Waals surface area contributed by atoms with E-state index in [2.05, 4.69) is 10.5 Å². The molecule has 0 saturated heterocycles. The molecule has 5 heteroatoms. The number of carbonyl (C=O) groups is 1. The van der Waals surface area contributed by atoms with Crippen molar-refractivity contribution in [3.63, 3.8) is 0 Å². The Hall–Kier alpha value is -3.21. The van der Waals surface area contributed by atoms with Gasteiger partial charge in [-0.15, -0.1) is 0 Å². The van der Waals surface area contributed by atoms with Gasteiger partial charge in [0.2, 0.25) is 6.10 Å². The monoisotopic (exact) mass is 334 g/mol. The molecule has 0 fully saturated rings. The number of benzene rings is 3. The van der Waals surface area contributed by atoms with E-state index in [-0.39, 0.29) is 11.7 Å². The van der Waals surface area contributed by atoms with Gasteiger partial charge in [-0.25, -0.2) is 4.39 Å². The molecule has 3 aromatic carbocycles. The lowest BCUT2D eigenvalue weighted by Gasteiger charge is -2.10. The van der Waals surface area contributed by atoms with Gasteiger partial charge in [0.15, 0.2) is 0 Å². The van der Waals surface area contributed by atoms with Crippen LogP contribution >= 0.6 is 0 Å². The predicted molar refractivity (Wildman–Crippen MR) is 95.0 cm³/mol. The summed E-state index contributed by atoms with van der Waals surface area (Å²) in [5.74, 6) is -0.565. The summed E-state index contributed by atoms with van der Waals surface area (Å²) in [4.78, 5) is 17.7. The van der Waals surface area contributed by atoms with Gasteiger partial charge in [-0.3, -0.25) is 4.79 Å². The van der Waals surface area contributed by atoms with Crippen LogP contribution in [0.2, 0.25) is 0 Å². The van der Waals surface area contributed by atoms with Crippen molar-refractivity contribution in [3.05, 3.63) is 78.1 Å². The van der Waals surface area contributed by atoms with Gasteiger partial charge in [0.1, 0.15) is 5.82 Å². The highest BCUT2D eigenvalue weighted by Crippen LogP contribution is 2.21. The highest BCUT2D eigenvalue weighted by atomic mass is 19.1. The molecule has 0 aromatic heterocycles. The van der Waals surface area contributed by atoms with E-state index >= 15 is 0 Å². The lowest BCUT2D eigenvalue weighted by Crippen LogP contribution is -2.28. The van der Waals surface area contributed by atoms with Crippen LogP contribution in [0.5, 0.6) is 0 Å². The first-order chi connectivity index (χ1) is 12.2. The van der Waals surface area contributed by atoms with Gasteiger partial charge >= 0.3 is 0 Å². The van der Waals surface area contributed by atoms with E-state index in [0.717, 1.165) is 16.3 Å². The number of hydrogen-bond donors (Lipinski definition) is 1. The molecular formula is C20H15FN2O2. The van der Waals surface area contributed by atoms with Crippen molar-refractivity contribution in [2.45, 2.75) is 12.5 Å². The van der Waals surface area contributed by atoms with Gasteiger partial charge in [0.05, 0.1) is 5.71 Å². The summed E-state index contributed by atoms with van der Waals surface area (Å²) >= 11 is 0. The fourth-order valence-electron chi connectivity index (χ4n) is 2.82. The zero-order valence-electron chi connectivity index (χ0n) is 13.3. The molecule has 1 amide bonds. The van der Waals surface area contributed by atoms with Crippen LogP contribution in [0.4, 0.5) is 10.1 Å². The Morgan fingerprint density at radius 2 is 1.80 bits per heavy atom. The van der Waals surface area contributed by atoms with Crippen molar-refractivity contribution in [1.82, 2.24) is 0 Å². The van der Waals surface area contributed by atoms with E-state index in [1.807, 2.05) is 42.5 Å². The van der Waals surface area contributed by atoms with Gasteiger partial charge in [-0.05, 0) is 40.6 Å². The minimum atomic E-state index is -0.688. The molecule has 4 rings (SSSR count). The molecule has 0 bridgehead atoms. The van der Waals surface area contributed by atoms with E-state index in [4.69, 9.17) is 4.84 Å². The van der Waals surface area contributed by atoms with Gasteiger partial charge in [0, 0.05) is 12.1 Å². The zero-order chi connectivity index (χ0) is 17.2. The van der Waals surface area contributed by atoms with Crippen LogP contribution in [-0.2, 0) is 9.63 Å². The van der Waals surface area contributed by atoms with Crippen molar-refractivity contribution in [1.29, 1.82) is 0 Å². The van der Waals surface area contributed by atoms with Crippen LogP contribution in [0.15, 0.2) is 71.9 Å². The molecule has 124 valence electrons. The zero-order valence-corrected chi connectivity index (χ0v) is 13.3. The van der Waals surface area contributed by atoms with Crippen molar-refractivity contribution < 1.29 is 14.0 Å². The van der Waals surface area contributed by atoms with E-state index in [1.165, 1.54) is 12.1 Å². The minimum absolute atomic E-state index is 0.254. The summed E-state index contributed by atoms with van der Waals surface area (Å²) in [5, 5.41) is 8.99. The van der Waals surface area contributed by atoms with E-state index in [1.54, 1.807) is 12.1 Å². The van der Waals surface area contributed by atoms with Gasteiger partial charge in [-0.1, -0.05) is 47.6 Å². The Bertz CT molecular complexity index is 967. The molecule has 0 saturated carbocycles. The number of halogens is 1. The van der Waals surface area contributed by atoms with Crippen LogP contribution in [0.1, 0.15) is 12.0 Å². The number of carbonyl (C=O) groups excluding carboxylic acids is 1. The third kappa shape index (κ3) is 3.21. The fourth-order valence-corrected chi connectivity index (χ4v) is 2.82. The number of rotatable bonds is 3. The van der Waals surface area contributed by atoms with Gasteiger partial charge in [0.25, 0.3) is 5.91 Å². The molecule has 0 aliphatic carbocycles. The SMILES string of the molecule is O=C(Nc1ccc2ccccc2c1)C1CC(c2ccc(F)cc2)=NO1. The summed E-state index contributed by atoms with van der Waals surface area (Å²) in [6.45, 7) is 0. The summed E-state index contributed by atoms with van der Waals surface area (Å²) in [6.07, 6.45) is -0.336. The molecule has 1 aliphatic heterocycles. The predicted octanol–water partition coefficient (Wildman–Crippen LogP) is 4.11. The molecule has 0 radical (unpaired) electrons. The first-order valence-electron chi connectivity index (χ1n) is 7.97. The molecule has 1 aliphatic rings. The summed E-state index contributed by atoms with van der Waals surface area (Å²) in [6, 6.07) is 19.7. The maximum Gasteiger partial charge on any atom is 0.268 e. The highest BCUT2D eigenvalue weighted by Gasteiger charge is 2.29. The summed E-state index contributed by atoms with van der Waals surface area (Å²) in [7, 11) is 0. The molecule has 1 unspecified atom stereocenters. The Balaban J connectivity index is 1.44. The smallest absolute Gasteiger partial charge is 0.268 e. The van der Waals surface area contributed by atoms with Gasteiger partial charge < -0.3 is 10.2 Å². The Morgan fingerprint density at radius 3 is 2.60 bits per heavy atom. The molecule has 1 atom stereocenters. The molecular weight excluding hydrogens is 319 g/mol. The maximum atomic E-state index is 13.0. The first kappa shape index (κ1) is 15.3. The van der Waals surface area contributed by atoms with Crippen molar-refractivity contribution in [2.75, 3.05) is 5.32 Å². The maximum absolute atomic E-state index is 13.0. The van der Waals surface area contributed by atoms with E-state index < -0.39 is 6.10 Å². The van der Waals surface area contributed by atoms with Crippen molar-refractivity contribution >= 4 is 28.1 Å². The van der Waals surface area contributed by atoms with Gasteiger partial charge in [-0.2, -0.15) is 0 Å². The number of oxime groups is 1. The Labute approximate surface area is 143 Å². The molecule has 3 aromatic rings. The molecule has 1 heterocycles. The third-order valence-electron chi connectivity index (χ3n) is 4.16. The quantitative estimate of drug-likeness (QED) is 0.783. The van der Waals surface area contributed by atoms with Crippen molar-refractivity contribution in [2.24, 2.45) is 5.16 Å². The average Bonchev–Trinajstić information content (AvgIpc) is 3.12. The molecule has 25 heavy (non-hydrogen) atoms. The number of anilines is 1. The largest absolute Gasteiger partial charge is 0.382 e. The minimum Gasteiger partial charge on any atom is -0.382 e. The lowest BCUT2D eigenvalue weighted by atomic mass is 10.0. The van der Waals surface area contributed by atoms with E-state index in [9.17, 15) is 9.18 Å². The van der Waals surface area contributed by atoms with Crippen molar-refractivity contribution in [3.8, 4) is 0 Å². The molecule has 0 spiro atoms. The van der Waals surface area contributed by atoms with Crippen LogP contribution in [0.25, 0.3) is 10.8 Å². The second-order valence-electron chi connectivity index (χ2n) is 5.89. The Kier molecular flexibility index (Phi) is 3.90. The number of nitrogens with zero attached hydrogens (tertiary/aromatic N) is 1. The lowest BCUT2D eigenvalue weighted by molar-refractivity contribution is -0.125. The van der Waals surface area contributed by atoms with Crippen LogP contribution in [0, 0.1) is 5.82 Å². The molecule has 1 N–H and O–H groups in total. The van der Waals surface area contributed by atoms with Crippen LogP contribution < -0.4 is 5.32 Å². The standard InChI is InChI=1S/C20H15FN2O2/c21-16-8-5-14(6-9-16)18-12-19(25-23-18)20(24)22-17-10-7-13-3-1-2-4-15(13)11-17/h1-11,19H,12H2,(H,22,24). The Morgan fingerprint density at radius 1 is 1.04 bits per heavy atom. The normalized spacial score (nSPS) is 16.4. The second-order valence-corrected chi connectivity index (χ2v) is 5.89. The highest BCUT2D eigenvalue weighted by molar-refractivity contribution is 6.06. The number of fused-ring (bicyclic) bond motifs is 1. The third-order valence-corrected chi connectivity index (χ3v) is 4.16. The molecule has 4 nitrogen and oxygen atoms in total. The number of nitrogens with one attached hydrogen (secondary N) is 1. The topological polar surface area (TPSA) is 50.7 Å². The van der Waals surface area contributed by atoms with Crippen LogP contribution in [-0.4, -0.2) is 17.7 Å². The second kappa shape index (κ2) is 6.36. The number of amides is 1. The fraction of sp³-hybridized carbons (Fsp3) is 0.100. The van der Waals surface area contributed by atoms with E-state index in [0.29, 0.717) is 17.8 Å². The summed E-state index contributed by atoms with van der Waals surface area (Å²) in [5.41, 5.74) is 2.10. The number of hydrogen-bond acceptors (Lipinski definition) is 3. The summed E-state index contributed by atoms with van der Waals surface area (Å²) < 4.78 is 13.0. The average molecular weight is 334 g/mol.